The number of benzene rings is 2. The second-order valence-electron chi connectivity index (χ2n) is 13.3. The molecule has 276 valence electrons. The highest BCUT2D eigenvalue weighted by molar-refractivity contribution is 7.89. The number of carbonyl (C=O) groups is 3. The van der Waals surface area contributed by atoms with Crippen molar-refractivity contribution in [2.24, 2.45) is 17.1 Å². The van der Waals surface area contributed by atoms with Crippen molar-refractivity contribution in [3.05, 3.63) is 60.2 Å². The summed E-state index contributed by atoms with van der Waals surface area (Å²) in [6, 6.07) is 13.8. The maximum atomic E-state index is 14.2. The Hall–Kier alpha value is -3.96. The first kappa shape index (κ1) is 38.8. The summed E-state index contributed by atoms with van der Waals surface area (Å²) in [6.45, 7) is 4.15. The van der Waals surface area contributed by atoms with E-state index in [1.165, 1.54) is 23.5 Å². The quantitative estimate of drug-likeness (QED) is 0.141. The molecule has 16 heteroatoms. The van der Waals surface area contributed by atoms with Gasteiger partial charge >= 0.3 is 12.1 Å². The van der Waals surface area contributed by atoms with Gasteiger partial charge in [-0.1, -0.05) is 44.2 Å². The monoisotopic (exact) mass is 719 g/mol. The van der Waals surface area contributed by atoms with Gasteiger partial charge in [0.25, 0.3) is 0 Å². The molecule has 0 spiro atoms. The van der Waals surface area contributed by atoms with Gasteiger partial charge < -0.3 is 45.7 Å². The van der Waals surface area contributed by atoms with Crippen molar-refractivity contribution in [1.29, 1.82) is 0 Å². The molecule has 50 heavy (non-hydrogen) atoms. The highest BCUT2D eigenvalue weighted by Crippen LogP contribution is 2.33. The van der Waals surface area contributed by atoms with Gasteiger partial charge in [0, 0.05) is 19.6 Å². The van der Waals surface area contributed by atoms with Crippen LogP contribution in [0.25, 0.3) is 0 Å². The van der Waals surface area contributed by atoms with Crippen LogP contribution in [-0.4, -0.2) is 107 Å². The van der Waals surface area contributed by atoms with Gasteiger partial charge in [0.05, 0.1) is 49.8 Å². The number of hydrogen-bond donors (Lipinski definition) is 5. The summed E-state index contributed by atoms with van der Waals surface area (Å²) in [4.78, 5) is 36.1. The van der Waals surface area contributed by atoms with E-state index in [2.05, 4.69) is 16.0 Å². The first-order chi connectivity index (χ1) is 23.8. The number of sulfonamides is 1. The number of aliphatic hydroxyl groups excluding tert-OH is 1. The number of carbonyl (C=O) groups excluding carboxylic acids is 3. The molecule has 4 amide bonds. The minimum atomic E-state index is -4.16. The molecule has 0 unspecified atom stereocenters. The molecule has 2 aromatic carbocycles. The molecule has 4 rings (SSSR count). The molecule has 2 aromatic rings. The van der Waals surface area contributed by atoms with Crippen LogP contribution in [0.2, 0.25) is 0 Å². The van der Waals surface area contributed by atoms with Crippen LogP contribution in [0.5, 0.6) is 5.75 Å². The molecule has 2 aliphatic heterocycles. The molecular formula is C34H49N5O10S. The number of amides is 4. The summed E-state index contributed by atoms with van der Waals surface area (Å²) in [5, 5.41) is 19.5. The average Bonchev–Trinajstić information content (AvgIpc) is 3.71. The molecule has 6 N–H and O–H groups in total. The fourth-order valence-electron chi connectivity index (χ4n) is 6.06. The third-order valence-corrected chi connectivity index (χ3v) is 10.6. The number of aliphatic hydroxyl groups is 1. The largest absolute Gasteiger partial charge is 0.497 e. The van der Waals surface area contributed by atoms with E-state index in [1.54, 1.807) is 12.1 Å². The van der Waals surface area contributed by atoms with Crippen LogP contribution in [0.3, 0.4) is 0 Å². The van der Waals surface area contributed by atoms with Crippen molar-refractivity contribution in [1.82, 2.24) is 20.3 Å². The zero-order chi connectivity index (χ0) is 36.3. The minimum Gasteiger partial charge on any atom is -0.497 e. The topological polar surface area (TPSA) is 208 Å². The molecule has 2 aliphatic rings. The van der Waals surface area contributed by atoms with Crippen LogP contribution in [0, 0.1) is 11.3 Å². The van der Waals surface area contributed by atoms with E-state index >= 15 is 0 Å². The first-order valence-electron chi connectivity index (χ1n) is 16.6. The van der Waals surface area contributed by atoms with E-state index in [9.17, 15) is 27.9 Å². The number of nitrogens with two attached hydrogens (primary N) is 1. The van der Waals surface area contributed by atoms with Gasteiger partial charge in [-0.05, 0) is 60.9 Å². The van der Waals surface area contributed by atoms with Crippen molar-refractivity contribution in [2.75, 3.05) is 46.5 Å². The highest BCUT2D eigenvalue weighted by Gasteiger charge is 2.44. The molecule has 0 radical (unpaired) electrons. The lowest BCUT2D eigenvalue weighted by atomic mass is 9.87. The van der Waals surface area contributed by atoms with Crippen molar-refractivity contribution >= 4 is 28.1 Å². The third-order valence-electron chi connectivity index (χ3n) is 8.74. The van der Waals surface area contributed by atoms with Crippen LogP contribution in [0.4, 0.5) is 9.59 Å². The van der Waals surface area contributed by atoms with Gasteiger partial charge in [-0.3, -0.25) is 4.79 Å². The fraction of sp³-hybridized carbons (Fsp3) is 0.559. The number of nitrogens with one attached hydrogen (secondary N) is 3. The number of methoxy groups -OCH3 is 1. The van der Waals surface area contributed by atoms with Crippen molar-refractivity contribution in [3.63, 3.8) is 0 Å². The second kappa shape index (κ2) is 17.8. The lowest BCUT2D eigenvalue weighted by molar-refractivity contribution is -0.117. The summed E-state index contributed by atoms with van der Waals surface area (Å²) in [7, 11) is -2.68. The lowest BCUT2D eigenvalue weighted by Crippen LogP contribution is -2.52. The standard InChI is InChI=1S/C34H49N5O10S/c1-34(2,15-7-16-36-32(42)37-19-30(35)41)22-39(50(44,45)25-12-10-24(46-3)11-13-25)20-28(40)27(18-23-8-5-4-6-9-23)38-33(43)49-29-21-48-31-26(29)14-17-47-31/h4-6,8-13,26-29,31,40H,7,14-22H2,1-3H3,(H2,35,41)(H,38,43)(H2,36,37,42)/t26-,27-,28+,29-,31+/m0/s1. The Balaban J connectivity index is 1.50. The number of ether oxygens (including phenoxy) is 4. The Morgan fingerprint density at radius 2 is 1.80 bits per heavy atom. The Morgan fingerprint density at radius 3 is 2.48 bits per heavy atom. The molecule has 15 nitrogen and oxygen atoms in total. The number of rotatable bonds is 18. The number of urea groups is 1. The summed E-state index contributed by atoms with van der Waals surface area (Å²) in [6.07, 6.45) is -1.10. The molecule has 0 bridgehead atoms. The lowest BCUT2D eigenvalue weighted by Gasteiger charge is -2.35. The van der Waals surface area contributed by atoms with Crippen molar-refractivity contribution in [2.45, 2.75) is 69.0 Å². The molecular weight excluding hydrogens is 670 g/mol. The van der Waals surface area contributed by atoms with Crippen molar-refractivity contribution in [3.8, 4) is 5.75 Å². The van der Waals surface area contributed by atoms with Crippen LogP contribution in [0.1, 0.15) is 38.7 Å². The molecule has 2 heterocycles. The minimum absolute atomic E-state index is 0.00985. The van der Waals surface area contributed by atoms with E-state index in [4.69, 9.17) is 24.7 Å². The molecule has 5 atom stereocenters. The van der Waals surface area contributed by atoms with Gasteiger partial charge in [-0.2, -0.15) is 4.31 Å². The fourth-order valence-corrected chi connectivity index (χ4v) is 7.70. The van der Waals surface area contributed by atoms with Gasteiger partial charge in [-0.25, -0.2) is 18.0 Å². The van der Waals surface area contributed by atoms with E-state index < -0.39 is 58.0 Å². The smallest absolute Gasteiger partial charge is 0.407 e. The zero-order valence-corrected chi connectivity index (χ0v) is 29.5. The molecule has 2 fully saturated rings. The predicted molar refractivity (Wildman–Crippen MR) is 183 cm³/mol. The predicted octanol–water partition coefficient (Wildman–Crippen LogP) is 1.74. The number of nitrogens with zero attached hydrogens (tertiary/aromatic N) is 1. The maximum Gasteiger partial charge on any atom is 0.407 e. The van der Waals surface area contributed by atoms with Gasteiger partial charge in [0.1, 0.15) is 11.9 Å². The SMILES string of the molecule is COc1ccc(S(=O)(=O)N(C[C@@H](O)[C@H](Cc2ccccc2)NC(=O)O[C@H]2CO[C@H]3OCC[C@H]32)CC(C)(C)CCCNC(=O)NCC(N)=O)cc1. The summed E-state index contributed by atoms with van der Waals surface area (Å²) in [5.41, 5.74) is 5.27. The molecule has 0 aliphatic carbocycles. The Bertz CT molecular complexity index is 1530. The number of hydrogen-bond acceptors (Lipinski definition) is 10. The summed E-state index contributed by atoms with van der Waals surface area (Å²) in [5.74, 6) is -0.261. The van der Waals surface area contributed by atoms with E-state index in [0.29, 0.717) is 31.6 Å². The van der Waals surface area contributed by atoms with E-state index in [1.807, 2.05) is 44.2 Å². The van der Waals surface area contributed by atoms with Gasteiger partial charge in [-0.15, -0.1) is 0 Å². The van der Waals surface area contributed by atoms with E-state index in [-0.39, 0.29) is 50.0 Å². The first-order valence-corrected chi connectivity index (χ1v) is 18.1. The van der Waals surface area contributed by atoms with Gasteiger partial charge in [0.2, 0.25) is 15.9 Å². The second-order valence-corrected chi connectivity index (χ2v) is 15.2. The normalized spacial score (nSPS) is 20.1. The number of fused-ring (bicyclic) bond motifs is 1. The zero-order valence-electron chi connectivity index (χ0n) is 28.7. The highest BCUT2D eigenvalue weighted by atomic mass is 32.2. The van der Waals surface area contributed by atoms with E-state index in [0.717, 1.165) is 5.56 Å². The summed E-state index contributed by atoms with van der Waals surface area (Å²) >= 11 is 0. The summed E-state index contributed by atoms with van der Waals surface area (Å²) < 4.78 is 51.6. The molecule has 0 saturated carbocycles. The number of alkyl carbamates (subject to hydrolysis) is 1. The van der Waals surface area contributed by atoms with Gasteiger partial charge in [0.15, 0.2) is 6.29 Å². The maximum absolute atomic E-state index is 14.2. The Morgan fingerprint density at radius 1 is 1.08 bits per heavy atom. The number of primary amides is 1. The Labute approximate surface area is 293 Å². The van der Waals surface area contributed by atoms with Crippen LogP contribution in [0.15, 0.2) is 59.5 Å². The average molecular weight is 720 g/mol. The molecule has 2 saturated heterocycles. The molecule has 0 aromatic heterocycles. The van der Waals surface area contributed by atoms with Crippen LogP contribution >= 0.6 is 0 Å². The third kappa shape index (κ3) is 11.3. The Kier molecular flexibility index (Phi) is 13.8. The van der Waals surface area contributed by atoms with Crippen molar-refractivity contribution < 1.29 is 46.9 Å². The van der Waals surface area contributed by atoms with Crippen LogP contribution in [-0.2, 0) is 35.4 Å². The van der Waals surface area contributed by atoms with Crippen LogP contribution < -0.4 is 26.4 Å².